The lowest BCUT2D eigenvalue weighted by Gasteiger charge is -2.16. The third kappa shape index (κ3) is 5.83. The lowest BCUT2D eigenvalue weighted by Crippen LogP contribution is -2.28. The van der Waals surface area contributed by atoms with Gasteiger partial charge in [0.05, 0.1) is 4.90 Å². The zero-order valence-corrected chi connectivity index (χ0v) is 18.4. The number of nitrogens with one attached hydrogen (secondary N) is 1. The van der Waals surface area contributed by atoms with Gasteiger partial charge in [-0.05, 0) is 62.1 Å². The molecule has 0 aliphatic carbocycles. The molecule has 0 saturated carbocycles. The maximum Gasteiger partial charge on any atom is 0.344 e. The molecule has 0 spiro atoms. The van der Waals surface area contributed by atoms with Gasteiger partial charge in [0.2, 0.25) is 10.0 Å². The quantitative estimate of drug-likeness (QED) is 0.626. The topological polar surface area (TPSA) is 102 Å². The van der Waals surface area contributed by atoms with Crippen molar-refractivity contribution in [1.82, 2.24) is 4.31 Å². The number of benzene rings is 2. The molecule has 2 aromatic rings. The molecule has 1 saturated heterocycles. The first-order valence-corrected chi connectivity index (χ1v) is 11.5. The number of amides is 1. The number of nitrogens with zero attached hydrogens (tertiary/aromatic N) is 1. The van der Waals surface area contributed by atoms with Crippen molar-refractivity contribution in [3.05, 3.63) is 53.6 Å². The fraction of sp³-hybridized carbons (Fsp3) is 0.364. The summed E-state index contributed by atoms with van der Waals surface area (Å²) in [6, 6.07) is 11.6. The minimum Gasteiger partial charge on any atom is -0.482 e. The number of carbonyl (C=O) groups excluding carboxylic acids is 2. The normalized spacial score (nSPS) is 14.3. The van der Waals surface area contributed by atoms with Crippen molar-refractivity contribution in [3.63, 3.8) is 0 Å². The van der Waals surface area contributed by atoms with Crippen molar-refractivity contribution in [2.24, 2.45) is 0 Å². The maximum atomic E-state index is 12.7. The Morgan fingerprint density at radius 3 is 2.48 bits per heavy atom. The first kappa shape index (κ1) is 22.8. The molecule has 1 aliphatic rings. The molecule has 0 radical (unpaired) electrons. The van der Waals surface area contributed by atoms with Crippen molar-refractivity contribution in [3.8, 4) is 5.75 Å². The first-order chi connectivity index (χ1) is 14.8. The number of esters is 1. The van der Waals surface area contributed by atoms with E-state index in [1.54, 1.807) is 18.2 Å². The maximum absolute atomic E-state index is 12.7. The third-order valence-corrected chi connectivity index (χ3v) is 6.98. The average Bonchev–Trinajstić information content (AvgIpc) is 3.29. The van der Waals surface area contributed by atoms with E-state index in [1.165, 1.54) is 16.4 Å². The molecule has 1 amide bonds. The molecule has 1 heterocycles. The summed E-state index contributed by atoms with van der Waals surface area (Å²) >= 11 is 0. The fourth-order valence-corrected chi connectivity index (χ4v) is 4.78. The predicted octanol–water partition coefficient (Wildman–Crippen LogP) is 2.65. The Bertz CT molecular complexity index is 1060. The van der Waals surface area contributed by atoms with Crippen LogP contribution in [-0.4, -0.2) is 50.9 Å². The minimum absolute atomic E-state index is 0.117. The van der Waals surface area contributed by atoms with Gasteiger partial charge in [0, 0.05) is 18.8 Å². The highest BCUT2D eigenvalue weighted by molar-refractivity contribution is 7.89. The van der Waals surface area contributed by atoms with Crippen LogP contribution in [-0.2, 0) is 24.3 Å². The van der Waals surface area contributed by atoms with E-state index in [2.05, 4.69) is 5.32 Å². The molecule has 31 heavy (non-hydrogen) atoms. The van der Waals surface area contributed by atoms with E-state index >= 15 is 0 Å². The molecule has 1 aliphatic heterocycles. The van der Waals surface area contributed by atoms with Crippen molar-refractivity contribution >= 4 is 27.6 Å². The van der Waals surface area contributed by atoms with Gasteiger partial charge in [0.25, 0.3) is 5.91 Å². The molecule has 166 valence electrons. The van der Waals surface area contributed by atoms with Crippen LogP contribution in [0.15, 0.2) is 47.4 Å². The molecule has 0 bridgehead atoms. The van der Waals surface area contributed by atoms with Crippen LogP contribution in [0.5, 0.6) is 5.75 Å². The molecule has 1 N–H and O–H groups in total. The highest BCUT2D eigenvalue weighted by Gasteiger charge is 2.27. The standard InChI is InChI=1S/C22H26N2O6S/c1-16-7-5-10-20(17(16)2)29-15-22(26)30-14-21(25)23-18-8-6-9-19(13-18)31(27,28)24-11-3-4-12-24/h5-10,13H,3-4,11-12,14-15H2,1-2H3,(H,23,25). The second kappa shape index (κ2) is 9.93. The predicted molar refractivity (Wildman–Crippen MR) is 115 cm³/mol. The molecule has 0 unspecified atom stereocenters. The Kier molecular flexibility index (Phi) is 7.29. The van der Waals surface area contributed by atoms with Crippen LogP contribution >= 0.6 is 0 Å². The summed E-state index contributed by atoms with van der Waals surface area (Å²) < 4.78 is 37.1. The molecular weight excluding hydrogens is 420 g/mol. The zero-order chi connectivity index (χ0) is 22.4. The van der Waals surface area contributed by atoms with Crippen LogP contribution in [0.25, 0.3) is 0 Å². The largest absolute Gasteiger partial charge is 0.482 e. The fourth-order valence-electron chi connectivity index (χ4n) is 3.21. The van der Waals surface area contributed by atoms with Gasteiger partial charge in [0.15, 0.2) is 13.2 Å². The van der Waals surface area contributed by atoms with Gasteiger partial charge in [-0.2, -0.15) is 4.31 Å². The Hall–Kier alpha value is -2.91. The Balaban J connectivity index is 1.50. The summed E-state index contributed by atoms with van der Waals surface area (Å²) in [4.78, 5) is 24.1. The molecule has 3 rings (SSSR count). The van der Waals surface area contributed by atoms with Crippen molar-refractivity contribution in [1.29, 1.82) is 0 Å². The smallest absolute Gasteiger partial charge is 0.344 e. The Labute approximate surface area is 182 Å². The first-order valence-electron chi connectivity index (χ1n) is 10.0. The van der Waals surface area contributed by atoms with Gasteiger partial charge in [-0.25, -0.2) is 13.2 Å². The van der Waals surface area contributed by atoms with Crippen molar-refractivity contribution in [2.45, 2.75) is 31.6 Å². The number of aryl methyl sites for hydroxylation is 1. The molecule has 1 fully saturated rings. The van der Waals surface area contributed by atoms with E-state index in [-0.39, 0.29) is 11.5 Å². The lowest BCUT2D eigenvalue weighted by atomic mass is 10.1. The van der Waals surface area contributed by atoms with E-state index in [0.717, 1.165) is 24.0 Å². The number of hydrogen-bond donors (Lipinski definition) is 1. The number of carbonyl (C=O) groups is 2. The number of anilines is 1. The summed E-state index contributed by atoms with van der Waals surface area (Å²) in [6.45, 7) is 4.01. The van der Waals surface area contributed by atoms with Crippen LogP contribution < -0.4 is 10.1 Å². The second-order valence-electron chi connectivity index (χ2n) is 7.33. The average molecular weight is 447 g/mol. The van der Waals surface area contributed by atoms with Crippen LogP contribution in [0.1, 0.15) is 24.0 Å². The van der Waals surface area contributed by atoms with E-state index < -0.39 is 28.5 Å². The van der Waals surface area contributed by atoms with E-state index in [1.807, 2.05) is 26.0 Å². The van der Waals surface area contributed by atoms with Gasteiger partial charge in [-0.1, -0.05) is 18.2 Å². The second-order valence-corrected chi connectivity index (χ2v) is 9.27. The molecular formula is C22H26N2O6S. The zero-order valence-electron chi connectivity index (χ0n) is 17.6. The SMILES string of the molecule is Cc1cccc(OCC(=O)OCC(=O)Nc2cccc(S(=O)(=O)N3CCCC3)c2)c1C. The van der Waals surface area contributed by atoms with Crippen molar-refractivity contribution < 1.29 is 27.5 Å². The summed E-state index contributed by atoms with van der Waals surface area (Å²) in [6.07, 6.45) is 1.68. The molecule has 2 aromatic carbocycles. The number of ether oxygens (including phenoxy) is 2. The van der Waals surface area contributed by atoms with Gasteiger partial charge in [-0.15, -0.1) is 0 Å². The highest BCUT2D eigenvalue weighted by atomic mass is 32.2. The van der Waals surface area contributed by atoms with Crippen LogP contribution in [0.4, 0.5) is 5.69 Å². The van der Waals surface area contributed by atoms with Gasteiger partial charge < -0.3 is 14.8 Å². The van der Waals surface area contributed by atoms with Crippen LogP contribution in [0.3, 0.4) is 0 Å². The van der Waals surface area contributed by atoms with E-state index in [4.69, 9.17) is 9.47 Å². The molecule has 9 heteroatoms. The van der Waals surface area contributed by atoms with E-state index in [9.17, 15) is 18.0 Å². The van der Waals surface area contributed by atoms with Gasteiger partial charge >= 0.3 is 5.97 Å². The summed E-state index contributed by atoms with van der Waals surface area (Å²) in [7, 11) is -3.58. The summed E-state index contributed by atoms with van der Waals surface area (Å²) in [5.74, 6) is -0.672. The Morgan fingerprint density at radius 1 is 1.03 bits per heavy atom. The van der Waals surface area contributed by atoms with Gasteiger partial charge in [0.1, 0.15) is 5.75 Å². The lowest BCUT2D eigenvalue weighted by molar-refractivity contribution is -0.149. The third-order valence-electron chi connectivity index (χ3n) is 5.09. The minimum atomic E-state index is -3.58. The Morgan fingerprint density at radius 2 is 1.74 bits per heavy atom. The molecule has 0 atom stereocenters. The van der Waals surface area contributed by atoms with Crippen LogP contribution in [0.2, 0.25) is 0 Å². The molecule has 8 nitrogen and oxygen atoms in total. The van der Waals surface area contributed by atoms with Crippen LogP contribution in [0, 0.1) is 13.8 Å². The summed E-state index contributed by atoms with van der Waals surface area (Å²) in [5, 5.41) is 2.55. The summed E-state index contributed by atoms with van der Waals surface area (Å²) in [5.41, 5.74) is 2.28. The number of sulfonamides is 1. The molecule has 0 aromatic heterocycles. The van der Waals surface area contributed by atoms with E-state index in [0.29, 0.717) is 24.5 Å². The number of hydrogen-bond acceptors (Lipinski definition) is 6. The number of rotatable bonds is 8. The van der Waals surface area contributed by atoms with Gasteiger partial charge in [-0.3, -0.25) is 4.79 Å². The van der Waals surface area contributed by atoms with Crippen molar-refractivity contribution in [2.75, 3.05) is 31.6 Å². The highest BCUT2D eigenvalue weighted by Crippen LogP contribution is 2.23. The monoisotopic (exact) mass is 446 g/mol.